The Hall–Kier alpha value is -2.21. The molecule has 1 heterocycles. The smallest absolute Gasteiger partial charge is 0.261 e. The van der Waals surface area contributed by atoms with Gasteiger partial charge in [0.25, 0.3) is 5.91 Å². The normalized spacial score (nSPS) is 14.7. The summed E-state index contributed by atoms with van der Waals surface area (Å²) in [5.41, 5.74) is 2.80. The third-order valence-electron chi connectivity index (χ3n) is 5.12. The van der Waals surface area contributed by atoms with Crippen molar-refractivity contribution in [3.63, 3.8) is 0 Å². The highest BCUT2D eigenvalue weighted by atomic mass is 79.9. The third kappa shape index (κ3) is 5.77. The Morgan fingerprint density at radius 1 is 1.16 bits per heavy atom. The number of carbonyl (C=O) groups is 1. The molecule has 8 nitrogen and oxygen atoms in total. The molecule has 2 aromatic carbocycles. The predicted octanol–water partition coefficient (Wildman–Crippen LogP) is 2.97. The number of para-hydroxylation sites is 2. The zero-order chi connectivity index (χ0) is 23.5. The molecular formula is C21H25BrN4O4S2. The van der Waals surface area contributed by atoms with E-state index in [1.807, 2.05) is 37.3 Å². The van der Waals surface area contributed by atoms with E-state index >= 15 is 0 Å². The minimum absolute atomic E-state index is 0.150. The number of hydrogen-bond acceptors (Lipinski definition) is 6. The van der Waals surface area contributed by atoms with Crippen LogP contribution in [0.2, 0.25) is 0 Å². The highest BCUT2D eigenvalue weighted by molar-refractivity contribution is 9.10. The molecular weight excluding hydrogens is 516 g/mol. The predicted molar refractivity (Wildman–Crippen MR) is 134 cm³/mol. The number of aryl methyl sites for hydroxylation is 1. The molecule has 0 saturated carbocycles. The number of carbonyl (C=O) groups excluding carboxylic acids is 1. The lowest BCUT2D eigenvalue weighted by Crippen LogP contribution is -2.48. The topological polar surface area (TPSA) is 91.0 Å². The summed E-state index contributed by atoms with van der Waals surface area (Å²) in [4.78, 5) is 14.9. The number of benzene rings is 2. The van der Waals surface area contributed by atoms with Gasteiger partial charge in [0.2, 0.25) is 10.0 Å². The fourth-order valence-corrected chi connectivity index (χ4v) is 5.21. The molecule has 0 aliphatic carbocycles. The zero-order valence-corrected chi connectivity index (χ0v) is 21.2. The Bertz CT molecular complexity index is 1130. The molecule has 1 aliphatic heterocycles. The first-order valence-corrected chi connectivity index (χ1v) is 12.9. The fourth-order valence-electron chi connectivity index (χ4n) is 3.61. The molecule has 0 aromatic heterocycles. The first-order chi connectivity index (χ1) is 15.1. The van der Waals surface area contributed by atoms with Crippen LogP contribution in [0.25, 0.3) is 0 Å². The summed E-state index contributed by atoms with van der Waals surface area (Å²) < 4.78 is 31.2. The second kappa shape index (κ2) is 10.2. The molecule has 1 aliphatic rings. The molecule has 2 aromatic rings. The molecule has 0 atom stereocenters. The van der Waals surface area contributed by atoms with Crippen LogP contribution in [0.3, 0.4) is 0 Å². The van der Waals surface area contributed by atoms with Gasteiger partial charge in [-0.3, -0.25) is 10.1 Å². The number of nitrogens with one attached hydrogen (secondary N) is 2. The highest BCUT2D eigenvalue weighted by Gasteiger charge is 2.25. The molecule has 1 fully saturated rings. The number of nitrogens with zero attached hydrogens (tertiary/aromatic N) is 2. The zero-order valence-electron chi connectivity index (χ0n) is 18.0. The molecule has 11 heteroatoms. The second-order valence-corrected chi connectivity index (χ2v) is 10.7. The number of sulfonamides is 1. The molecule has 0 unspecified atom stereocenters. The van der Waals surface area contributed by atoms with E-state index in [4.69, 9.17) is 17.0 Å². The SMILES string of the molecule is COc1c(C)cc(Br)cc1C(=O)NC(=S)Nc1ccccc1N1CCN(S(C)(=O)=O)CC1. The first kappa shape index (κ1) is 24.4. The number of hydrogen-bond donors (Lipinski definition) is 2. The summed E-state index contributed by atoms with van der Waals surface area (Å²) in [6.45, 7) is 3.79. The lowest BCUT2D eigenvalue weighted by Gasteiger charge is -2.35. The molecule has 3 rings (SSSR count). The summed E-state index contributed by atoms with van der Waals surface area (Å²) >= 11 is 8.79. The number of ether oxygens (including phenoxy) is 1. The van der Waals surface area contributed by atoms with Crippen molar-refractivity contribution in [1.29, 1.82) is 0 Å². The van der Waals surface area contributed by atoms with Crippen molar-refractivity contribution in [3.05, 3.63) is 52.0 Å². The third-order valence-corrected chi connectivity index (χ3v) is 7.08. The minimum atomic E-state index is -3.20. The van der Waals surface area contributed by atoms with Gasteiger partial charge in [0.15, 0.2) is 5.11 Å². The lowest BCUT2D eigenvalue weighted by atomic mass is 10.1. The lowest BCUT2D eigenvalue weighted by molar-refractivity contribution is 0.0974. The van der Waals surface area contributed by atoms with Gasteiger partial charge in [-0.1, -0.05) is 28.1 Å². The quantitative estimate of drug-likeness (QED) is 0.563. The van der Waals surface area contributed by atoms with Gasteiger partial charge in [-0.15, -0.1) is 0 Å². The number of rotatable bonds is 5. The summed E-state index contributed by atoms with van der Waals surface area (Å²) in [5, 5.41) is 5.95. The van der Waals surface area contributed by atoms with E-state index < -0.39 is 10.0 Å². The highest BCUT2D eigenvalue weighted by Crippen LogP contribution is 2.29. The largest absolute Gasteiger partial charge is 0.496 e. The Labute approximate surface area is 202 Å². The average Bonchev–Trinajstić information content (AvgIpc) is 2.73. The number of thiocarbonyl (C=S) groups is 1. The van der Waals surface area contributed by atoms with E-state index in [-0.39, 0.29) is 11.0 Å². The molecule has 2 N–H and O–H groups in total. The average molecular weight is 541 g/mol. The molecule has 0 spiro atoms. The Kier molecular flexibility index (Phi) is 7.75. The van der Waals surface area contributed by atoms with Gasteiger partial charge in [-0.25, -0.2) is 8.42 Å². The molecule has 0 radical (unpaired) electrons. The Morgan fingerprint density at radius 3 is 2.44 bits per heavy atom. The van der Waals surface area contributed by atoms with Crippen LogP contribution in [-0.4, -0.2) is 63.3 Å². The van der Waals surface area contributed by atoms with E-state index in [1.165, 1.54) is 17.7 Å². The maximum Gasteiger partial charge on any atom is 0.261 e. The van der Waals surface area contributed by atoms with Crippen molar-refractivity contribution in [3.8, 4) is 5.75 Å². The molecule has 32 heavy (non-hydrogen) atoms. The number of piperazine rings is 1. The summed E-state index contributed by atoms with van der Waals surface area (Å²) in [6, 6.07) is 11.1. The van der Waals surface area contributed by atoms with Crippen LogP contribution >= 0.6 is 28.1 Å². The second-order valence-electron chi connectivity index (χ2n) is 7.38. The first-order valence-electron chi connectivity index (χ1n) is 9.85. The van der Waals surface area contributed by atoms with Crippen LogP contribution in [0.1, 0.15) is 15.9 Å². The van der Waals surface area contributed by atoms with E-state index in [2.05, 4.69) is 31.5 Å². The van der Waals surface area contributed by atoms with Gasteiger partial charge in [-0.2, -0.15) is 4.31 Å². The number of halogens is 1. The number of methoxy groups -OCH3 is 1. The standard InChI is InChI=1S/C21H25BrN4O4S2/c1-14-12-15(22)13-16(19(14)30-2)20(27)24-21(31)23-17-6-4-5-7-18(17)25-8-10-26(11-9-25)32(3,28)29/h4-7,12-13H,8-11H2,1-3H3,(H2,23,24,27,31). The number of amides is 1. The summed E-state index contributed by atoms with van der Waals surface area (Å²) in [6.07, 6.45) is 1.22. The van der Waals surface area contributed by atoms with Crippen molar-refractivity contribution >= 4 is 60.6 Å². The van der Waals surface area contributed by atoms with Crippen molar-refractivity contribution in [2.45, 2.75) is 6.92 Å². The van der Waals surface area contributed by atoms with E-state index in [0.717, 1.165) is 21.4 Å². The fraction of sp³-hybridized carbons (Fsp3) is 0.333. The van der Waals surface area contributed by atoms with Gasteiger partial charge < -0.3 is 15.0 Å². The van der Waals surface area contributed by atoms with Gasteiger partial charge in [-0.05, 0) is 49.0 Å². The van der Waals surface area contributed by atoms with Crippen LogP contribution in [0.4, 0.5) is 11.4 Å². The van der Waals surface area contributed by atoms with Crippen LogP contribution < -0.4 is 20.3 Å². The maximum atomic E-state index is 12.8. The van der Waals surface area contributed by atoms with Crippen molar-refractivity contribution in [1.82, 2.24) is 9.62 Å². The van der Waals surface area contributed by atoms with Crippen molar-refractivity contribution < 1.29 is 17.9 Å². The van der Waals surface area contributed by atoms with Gasteiger partial charge in [0, 0.05) is 30.7 Å². The van der Waals surface area contributed by atoms with Crippen LogP contribution in [0.5, 0.6) is 5.75 Å². The van der Waals surface area contributed by atoms with E-state index in [9.17, 15) is 13.2 Å². The Balaban J connectivity index is 1.71. The number of anilines is 2. The molecule has 1 amide bonds. The van der Waals surface area contributed by atoms with Crippen LogP contribution in [-0.2, 0) is 10.0 Å². The van der Waals surface area contributed by atoms with Gasteiger partial charge in [0.1, 0.15) is 5.75 Å². The van der Waals surface area contributed by atoms with Crippen molar-refractivity contribution in [2.75, 3.05) is 49.8 Å². The van der Waals surface area contributed by atoms with Gasteiger partial charge in [0.05, 0.1) is 30.3 Å². The van der Waals surface area contributed by atoms with Gasteiger partial charge >= 0.3 is 0 Å². The molecule has 0 bridgehead atoms. The van der Waals surface area contributed by atoms with Crippen LogP contribution in [0.15, 0.2) is 40.9 Å². The monoisotopic (exact) mass is 540 g/mol. The Morgan fingerprint density at radius 2 is 1.81 bits per heavy atom. The summed E-state index contributed by atoms with van der Waals surface area (Å²) in [7, 11) is -1.69. The van der Waals surface area contributed by atoms with E-state index in [1.54, 1.807) is 6.07 Å². The molecule has 172 valence electrons. The van der Waals surface area contributed by atoms with Crippen molar-refractivity contribution in [2.24, 2.45) is 0 Å². The maximum absolute atomic E-state index is 12.8. The van der Waals surface area contributed by atoms with Crippen LogP contribution in [0, 0.1) is 6.92 Å². The minimum Gasteiger partial charge on any atom is -0.496 e. The summed E-state index contributed by atoms with van der Waals surface area (Å²) in [5.74, 6) is 0.0978. The molecule has 1 saturated heterocycles. The van der Waals surface area contributed by atoms with E-state index in [0.29, 0.717) is 37.5 Å².